The van der Waals surface area contributed by atoms with E-state index in [0.717, 1.165) is 0 Å². The monoisotopic (exact) mass is 871 g/mol. The predicted octanol–water partition coefficient (Wildman–Crippen LogP) is 29.8. The van der Waals surface area contributed by atoms with Crippen molar-refractivity contribution in [2.24, 2.45) is 0 Å². The molecule has 0 nitrogen and oxygen atoms in total. The molecule has 0 heteroatoms. The minimum Gasteiger partial charge on any atom is -0.0683 e. The fraction of sp³-hybridized carbons (Fsp3) is 1.00. The third kappa shape index (κ3) is 0. The lowest BCUT2D eigenvalue weighted by Gasteiger charge is -1.07. The van der Waals surface area contributed by atoms with Gasteiger partial charge in [-0.2, -0.15) is 0 Å². The van der Waals surface area contributed by atoms with Gasteiger partial charge in [-0.15, -0.1) is 0 Å². The van der Waals surface area contributed by atoms with Crippen LogP contribution in [0, 0.1) is 0 Å². The maximum atomic E-state index is 2.00. The van der Waals surface area contributed by atoms with E-state index in [1.807, 2.05) is 402 Å². The van der Waals surface area contributed by atoms with E-state index in [0.29, 0.717) is 0 Å². The Morgan fingerprint density at radius 1 is 0.0345 bits per heavy atom. The Morgan fingerprint density at radius 3 is 0.0345 bits per heavy atom. The molecule has 0 unspecified atom stereocenters. The molecule has 0 amide bonds. The van der Waals surface area contributed by atoms with E-state index in [-0.39, 0.29) is 0 Å². The molecular weight excluding hydrogens is 697 g/mol. The Kier molecular flexibility index (Phi) is 0. The van der Waals surface area contributed by atoms with Gasteiger partial charge in [-0.25, -0.2) is 0 Å². The molecule has 58 heavy (non-hydrogen) atoms. The Morgan fingerprint density at radius 2 is 0.0345 bits per heavy atom. The van der Waals surface area contributed by atoms with Crippen LogP contribution in [0.4, 0.5) is 0 Å². The van der Waals surface area contributed by atoms with Crippen molar-refractivity contribution in [1.82, 2.24) is 0 Å². The van der Waals surface area contributed by atoms with Gasteiger partial charge in [0.25, 0.3) is 0 Å². The molecule has 0 aliphatic heterocycles. The molecule has 0 fully saturated rings. The van der Waals surface area contributed by atoms with E-state index in [1.165, 1.54) is 0 Å². The molecule has 0 N–H and O–H groups in total. The summed E-state index contributed by atoms with van der Waals surface area (Å²) in [6, 6.07) is 0. The third-order valence-electron chi connectivity index (χ3n) is 0. The van der Waals surface area contributed by atoms with Crippen LogP contribution in [0.3, 0.4) is 0 Å². The second-order valence-corrected chi connectivity index (χ2v) is 0. The first-order valence-electron chi connectivity index (χ1n) is 29.0. The minimum atomic E-state index is 2.00. The van der Waals surface area contributed by atoms with E-state index >= 15 is 0 Å². The molecule has 0 saturated heterocycles. The summed E-state index contributed by atoms with van der Waals surface area (Å²) < 4.78 is 0. The molecule has 0 spiro atoms. The molecule has 0 rings (SSSR count). The summed E-state index contributed by atoms with van der Waals surface area (Å²) in [6.07, 6.45) is 0. The molecule has 0 aromatic heterocycles. The van der Waals surface area contributed by atoms with E-state index in [4.69, 9.17) is 0 Å². The summed E-state index contributed by atoms with van der Waals surface area (Å²) in [5.41, 5.74) is 0. The highest BCUT2D eigenvalue weighted by atomic mass is 13.1. The molecule has 0 aliphatic carbocycles. The Labute approximate surface area is 400 Å². The fourth-order valence-electron chi connectivity index (χ4n) is 0. The third-order valence-corrected chi connectivity index (χ3v) is 0. The second-order valence-electron chi connectivity index (χ2n) is 0. The van der Waals surface area contributed by atoms with Crippen molar-refractivity contribution in [3.05, 3.63) is 0 Å². The Bertz CT molecular complexity index is 0. The van der Waals surface area contributed by atoms with Crippen molar-refractivity contribution < 1.29 is 0 Å². The maximum absolute atomic E-state index is 2.00. The van der Waals surface area contributed by atoms with E-state index in [9.17, 15) is 0 Å². The summed E-state index contributed by atoms with van der Waals surface area (Å²) in [5, 5.41) is 0. The van der Waals surface area contributed by atoms with E-state index in [2.05, 4.69) is 0 Å². The first-order valence-corrected chi connectivity index (χ1v) is 29.0. The average molecular weight is 872 g/mol. The van der Waals surface area contributed by atoms with Gasteiger partial charge in [-0.3, -0.25) is 0 Å². The zero-order chi connectivity index (χ0) is 58.0. The van der Waals surface area contributed by atoms with Crippen LogP contribution in [0.15, 0.2) is 0 Å². The van der Waals surface area contributed by atoms with Crippen molar-refractivity contribution in [3.8, 4) is 0 Å². The second kappa shape index (κ2) is 0. The largest absolute Gasteiger partial charge is 0.0683 e. The minimum absolute atomic E-state index is 2.00. The number of hydrogen-bond donors (Lipinski definition) is 0. The zero-order valence-corrected chi connectivity index (χ0v) is 58.0. The number of hydrogen-bond acceptors (Lipinski definition) is 0. The van der Waals surface area contributed by atoms with Gasteiger partial charge in [-0.1, -0.05) is 402 Å². The standard InChI is InChI=1S/29C2H6/c29*1-2/h29*1-2H3. The van der Waals surface area contributed by atoms with Crippen LogP contribution in [-0.4, -0.2) is 0 Å². The van der Waals surface area contributed by atoms with Crippen LogP contribution >= 0.6 is 0 Å². The summed E-state index contributed by atoms with van der Waals surface area (Å²) in [7, 11) is 0. The quantitative estimate of drug-likeness (QED) is 0.228. The summed E-state index contributed by atoms with van der Waals surface area (Å²) >= 11 is 0. The fourth-order valence-corrected chi connectivity index (χ4v) is 0. The van der Waals surface area contributed by atoms with Crippen LogP contribution in [0.5, 0.6) is 0 Å². The molecule has 0 radical (unpaired) electrons. The van der Waals surface area contributed by atoms with Crippen LogP contribution in [-0.2, 0) is 0 Å². The van der Waals surface area contributed by atoms with E-state index < -0.39 is 0 Å². The normalized spacial score (nSPS) is 3.00. The van der Waals surface area contributed by atoms with Gasteiger partial charge in [-0.05, 0) is 0 Å². The van der Waals surface area contributed by atoms with Gasteiger partial charge in [0, 0.05) is 0 Å². The zero-order valence-electron chi connectivity index (χ0n) is 58.0. The molecule has 0 heterocycles. The molecule has 0 aromatic rings. The van der Waals surface area contributed by atoms with Crippen LogP contribution in [0.1, 0.15) is 402 Å². The van der Waals surface area contributed by atoms with Crippen LogP contribution < -0.4 is 0 Å². The predicted molar refractivity (Wildman–Crippen MR) is 329 cm³/mol. The molecule has 406 valence electrons. The molecular formula is C58H174. The lowest BCUT2D eigenvalue weighted by Crippen LogP contribution is -0.856. The van der Waals surface area contributed by atoms with Gasteiger partial charge in [0.1, 0.15) is 0 Å². The molecule has 0 aromatic carbocycles. The highest BCUT2D eigenvalue weighted by Crippen LogP contribution is 1.20. The van der Waals surface area contributed by atoms with Crippen LogP contribution in [0.25, 0.3) is 0 Å². The Balaban J connectivity index is -0.00000000556. The molecule has 0 bridgehead atoms. The highest BCUT2D eigenvalue weighted by molar-refractivity contribution is 3.56. The first kappa shape index (κ1) is 224. The number of rotatable bonds is 0. The smallest absolute Gasteiger partial charge is 0.0683 e. The van der Waals surface area contributed by atoms with Gasteiger partial charge >= 0.3 is 0 Å². The molecule has 0 aliphatic rings. The molecule has 0 atom stereocenters. The summed E-state index contributed by atoms with van der Waals surface area (Å²) in [6.45, 7) is 116. The van der Waals surface area contributed by atoms with Gasteiger partial charge in [0.15, 0.2) is 0 Å². The average Bonchev–Trinajstić information content (AvgIpc) is 3.48. The van der Waals surface area contributed by atoms with E-state index in [1.54, 1.807) is 0 Å². The lowest BCUT2D eigenvalue weighted by molar-refractivity contribution is 1.50. The summed E-state index contributed by atoms with van der Waals surface area (Å²) in [4.78, 5) is 0. The topological polar surface area (TPSA) is 0 Å². The summed E-state index contributed by atoms with van der Waals surface area (Å²) in [5.74, 6) is 0. The first-order chi connectivity index (χ1) is 29.0. The van der Waals surface area contributed by atoms with Gasteiger partial charge in [0.05, 0.1) is 0 Å². The maximum Gasteiger partial charge on any atom is -0.0683 e. The van der Waals surface area contributed by atoms with Crippen molar-refractivity contribution in [2.45, 2.75) is 402 Å². The van der Waals surface area contributed by atoms with Crippen molar-refractivity contribution in [1.29, 1.82) is 0 Å². The van der Waals surface area contributed by atoms with Crippen LogP contribution in [0.2, 0.25) is 0 Å². The lowest BCUT2D eigenvalue weighted by atomic mass is 11.0. The van der Waals surface area contributed by atoms with Gasteiger partial charge < -0.3 is 0 Å². The van der Waals surface area contributed by atoms with Crippen molar-refractivity contribution >= 4 is 0 Å². The Hall–Kier alpha value is 0. The van der Waals surface area contributed by atoms with Gasteiger partial charge in [0.2, 0.25) is 0 Å². The molecule has 0 saturated carbocycles. The van der Waals surface area contributed by atoms with Crippen molar-refractivity contribution in [2.75, 3.05) is 0 Å². The van der Waals surface area contributed by atoms with Crippen molar-refractivity contribution in [3.63, 3.8) is 0 Å². The highest BCUT2D eigenvalue weighted by Gasteiger charge is 0.988. The SMILES string of the molecule is CC.CC.CC.CC.CC.CC.CC.CC.CC.CC.CC.CC.CC.CC.CC.CC.CC.CC.CC.CC.CC.CC.CC.CC.CC.CC.CC.CC.CC.